The third-order valence-electron chi connectivity index (χ3n) is 4.44. The summed E-state index contributed by atoms with van der Waals surface area (Å²) >= 11 is 0. The SMILES string of the molecule is O=C(O)c1nc(-c2cccnc2)c2c(=O)n(Cc3ccccc3)ccc2c1O. The van der Waals surface area contributed by atoms with E-state index in [2.05, 4.69) is 9.97 Å². The minimum atomic E-state index is -1.38. The largest absolute Gasteiger partial charge is 0.505 e. The highest BCUT2D eigenvalue weighted by atomic mass is 16.4. The summed E-state index contributed by atoms with van der Waals surface area (Å²) in [5.74, 6) is -1.91. The lowest BCUT2D eigenvalue weighted by Gasteiger charge is -2.12. The van der Waals surface area contributed by atoms with Gasteiger partial charge in [0.15, 0.2) is 11.4 Å². The van der Waals surface area contributed by atoms with Crippen molar-refractivity contribution in [2.45, 2.75) is 6.54 Å². The van der Waals surface area contributed by atoms with Gasteiger partial charge in [-0.3, -0.25) is 9.78 Å². The minimum Gasteiger partial charge on any atom is -0.505 e. The third kappa shape index (κ3) is 2.99. The third-order valence-corrected chi connectivity index (χ3v) is 4.44. The number of carboxylic acid groups (broad SMARTS) is 1. The van der Waals surface area contributed by atoms with Gasteiger partial charge in [-0.15, -0.1) is 0 Å². The number of aromatic nitrogens is 3. The molecule has 7 nitrogen and oxygen atoms in total. The summed E-state index contributed by atoms with van der Waals surface area (Å²) in [5.41, 5.74) is 0.716. The molecule has 0 atom stereocenters. The van der Waals surface area contributed by atoms with Gasteiger partial charge in [-0.05, 0) is 23.8 Å². The van der Waals surface area contributed by atoms with Crippen LogP contribution in [0.4, 0.5) is 0 Å². The lowest BCUT2D eigenvalue weighted by molar-refractivity contribution is 0.0687. The van der Waals surface area contributed by atoms with Gasteiger partial charge in [0.05, 0.1) is 17.6 Å². The Labute approximate surface area is 159 Å². The van der Waals surface area contributed by atoms with E-state index in [9.17, 15) is 19.8 Å². The molecule has 0 aliphatic carbocycles. The van der Waals surface area contributed by atoms with Crippen molar-refractivity contribution in [3.05, 3.63) is 88.7 Å². The molecule has 1 aromatic carbocycles. The number of hydrogen-bond donors (Lipinski definition) is 2. The molecule has 4 rings (SSSR count). The van der Waals surface area contributed by atoms with Crippen LogP contribution in [-0.2, 0) is 6.54 Å². The van der Waals surface area contributed by atoms with Crippen molar-refractivity contribution in [3.8, 4) is 17.0 Å². The predicted octanol–water partition coefficient (Wildman–Crippen LogP) is 2.91. The summed E-state index contributed by atoms with van der Waals surface area (Å²) < 4.78 is 1.50. The van der Waals surface area contributed by atoms with Gasteiger partial charge in [-0.1, -0.05) is 30.3 Å². The normalized spacial score (nSPS) is 10.9. The first-order valence-corrected chi connectivity index (χ1v) is 8.50. The van der Waals surface area contributed by atoms with Crippen molar-refractivity contribution in [1.29, 1.82) is 0 Å². The summed E-state index contributed by atoms with van der Waals surface area (Å²) in [6.45, 7) is 0.337. The number of fused-ring (bicyclic) bond motifs is 1. The van der Waals surface area contributed by atoms with Crippen LogP contribution in [0, 0.1) is 0 Å². The smallest absolute Gasteiger partial charge is 0.358 e. The lowest BCUT2D eigenvalue weighted by atomic mass is 10.0. The molecule has 138 valence electrons. The molecule has 0 aliphatic rings. The zero-order valence-corrected chi connectivity index (χ0v) is 14.6. The highest BCUT2D eigenvalue weighted by Crippen LogP contribution is 2.32. The zero-order valence-electron chi connectivity index (χ0n) is 14.6. The summed E-state index contributed by atoms with van der Waals surface area (Å²) in [5, 5.41) is 20.1. The van der Waals surface area contributed by atoms with E-state index in [0.717, 1.165) is 5.56 Å². The van der Waals surface area contributed by atoms with Gasteiger partial charge in [0.25, 0.3) is 5.56 Å². The van der Waals surface area contributed by atoms with Crippen molar-refractivity contribution in [1.82, 2.24) is 14.5 Å². The minimum absolute atomic E-state index is 0.139. The Morgan fingerprint density at radius 2 is 1.86 bits per heavy atom. The van der Waals surface area contributed by atoms with E-state index >= 15 is 0 Å². The fraction of sp³-hybridized carbons (Fsp3) is 0.0476. The quantitative estimate of drug-likeness (QED) is 0.570. The highest BCUT2D eigenvalue weighted by Gasteiger charge is 2.22. The Balaban J connectivity index is 2.02. The van der Waals surface area contributed by atoms with Crippen LogP contribution in [0.1, 0.15) is 16.1 Å². The Hall–Kier alpha value is -4.00. The molecule has 3 heterocycles. The molecule has 0 radical (unpaired) electrons. The summed E-state index contributed by atoms with van der Waals surface area (Å²) in [6.07, 6.45) is 4.60. The summed E-state index contributed by atoms with van der Waals surface area (Å²) in [4.78, 5) is 32.8. The zero-order chi connectivity index (χ0) is 19.7. The number of benzene rings is 1. The summed E-state index contributed by atoms with van der Waals surface area (Å²) in [7, 11) is 0. The number of rotatable bonds is 4. The van der Waals surface area contributed by atoms with Crippen molar-refractivity contribution < 1.29 is 15.0 Å². The van der Waals surface area contributed by atoms with E-state index in [-0.39, 0.29) is 22.0 Å². The molecule has 7 heteroatoms. The van der Waals surface area contributed by atoms with Gasteiger partial charge in [0, 0.05) is 29.5 Å². The van der Waals surface area contributed by atoms with Crippen LogP contribution in [-0.4, -0.2) is 30.7 Å². The fourth-order valence-electron chi connectivity index (χ4n) is 3.11. The topological polar surface area (TPSA) is 105 Å². The Kier molecular flexibility index (Phi) is 4.33. The van der Waals surface area contributed by atoms with Crippen LogP contribution < -0.4 is 5.56 Å². The number of pyridine rings is 3. The number of carboxylic acids is 1. The maximum Gasteiger partial charge on any atom is 0.358 e. The Bertz CT molecular complexity index is 1240. The standard InChI is InChI=1S/C21H15N3O4/c25-19-15-8-10-24(12-13-5-2-1-3-6-13)20(26)16(15)17(23-18(19)21(27)28)14-7-4-9-22-11-14/h1-11,25H,12H2,(H,27,28). The van der Waals surface area contributed by atoms with Gasteiger partial charge in [-0.2, -0.15) is 0 Å². The second-order valence-corrected chi connectivity index (χ2v) is 6.23. The first kappa shape index (κ1) is 17.4. The van der Waals surface area contributed by atoms with E-state index in [1.165, 1.54) is 23.0 Å². The van der Waals surface area contributed by atoms with Gasteiger partial charge in [-0.25, -0.2) is 9.78 Å². The van der Waals surface area contributed by atoms with Crippen LogP contribution >= 0.6 is 0 Å². The molecule has 0 bridgehead atoms. The van der Waals surface area contributed by atoms with Crippen molar-refractivity contribution >= 4 is 16.7 Å². The first-order chi connectivity index (χ1) is 13.6. The molecule has 28 heavy (non-hydrogen) atoms. The van der Waals surface area contributed by atoms with Crippen LogP contribution in [0.3, 0.4) is 0 Å². The van der Waals surface area contributed by atoms with Crippen LogP contribution in [0.5, 0.6) is 5.75 Å². The van der Waals surface area contributed by atoms with Gasteiger partial charge < -0.3 is 14.8 Å². The average Bonchev–Trinajstić information content (AvgIpc) is 2.71. The Morgan fingerprint density at radius 3 is 2.54 bits per heavy atom. The number of nitrogens with zero attached hydrogens (tertiary/aromatic N) is 3. The van der Waals surface area contributed by atoms with E-state index in [1.54, 1.807) is 18.3 Å². The lowest BCUT2D eigenvalue weighted by Crippen LogP contribution is -2.21. The molecular weight excluding hydrogens is 358 g/mol. The van der Waals surface area contributed by atoms with Crippen LogP contribution in [0.2, 0.25) is 0 Å². The van der Waals surface area contributed by atoms with Crippen LogP contribution in [0.15, 0.2) is 71.9 Å². The monoisotopic (exact) mass is 373 g/mol. The van der Waals surface area contributed by atoms with Gasteiger partial charge in [0.2, 0.25) is 0 Å². The van der Waals surface area contributed by atoms with Gasteiger partial charge >= 0.3 is 5.97 Å². The highest BCUT2D eigenvalue weighted by molar-refractivity contribution is 6.03. The fourth-order valence-corrected chi connectivity index (χ4v) is 3.11. The van der Waals surface area contributed by atoms with Crippen LogP contribution in [0.25, 0.3) is 22.0 Å². The molecule has 3 aromatic heterocycles. The second-order valence-electron chi connectivity index (χ2n) is 6.23. The number of carbonyl (C=O) groups is 1. The first-order valence-electron chi connectivity index (χ1n) is 8.50. The molecule has 0 fully saturated rings. The molecule has 2 N–H and O–H groups in total. The predicted molar refractivity (Wildman–Crippen MR) is 103 cm³/mol. The molecule has 0 saturated heterocycles. The van der Waals surface area contributed by atoms with Crippen molar-refractivity contribution in [2.24, 2.45) is 0 Å². The van der Waals surface area contributed by atoms with E-state index in [4.69, 9.17) is 0 Å². The second kappa shape index (κ2) is 6.96. The van der Waals surface area contributed by atoms with E-state index < -0.39 is 17.4 Å². The number of aromatic hydroxyl groups is 1. The maximum absolute atomic E-state index is 13.2. The molecule has 0 aliphatic heterocycles. The summed E-state index contributed by atoms with van der Waals surface area (Å²) in [6, 6.07) is 14.4. The Morgan fingerprint density at radius 1 is 1.07 bits per heavy atom. The van der Waals surface area contributed by atoms with Crippen molar-refractivity contribution in [2.75, 3.05) is 0 Å². The molecule has 0 unspecified atom stereocenters. The van der Waals surface area contributed by atoms with E-state index in [1.807, 2.05) is 30.3 Å². The molecular formula is C21H15N3O4. The van der Waals surface area contributed by atoms with E-state index in [0.29, 0.717) is 12.1 Å². The number of hydrogen-bond acceptors (Lipinski definition) is 5. The molecule has 0 spiro atoms. The molecule has 0 amide bonds. The number of aromatic carboxylic acids is 1. The van der Waals surface area contributed by atoms with Crippen molar-refractivity contribution in [3.63, 3.8) is 0 Å². The average molecular weight is 373 g/mol. The molecule has 0 saturated carbocycles. The molecule has 4 aromatic rings. The van der Waals surface area contributed by atoms with Gasteiger partial charge in [0.1, 0.15) is 0 Å². The maximum atomic E-state index is 13.2.